The van der Waals surface area contributed by atoms with E-state index in [4.69, 9.17) is 5.73 Å². The molecule has 1 amide bonds. The molecule has 1 aromatic rings. The molecular weight excluding hydrogens is 288 g/mol. The SMILES string of the molecule is CC(C)(C)S(=O)(=O)CC(=O)Nc1ccccc1N.Cl. The van der Waals surface area contributed by atoms with Gasteiger partial charge in [0.15, 0.2) is 9.84 Å². The lowest BCUT2D eigenvalue weighted by atomic mass is 10.3. The van der Waals surface area contributed by atoms with Crippen LogP contribution in [0.2, 0.25) is 0 Å². The van der Waals surface area contributed by atoms with Gasteiger partial charge in [-0.15, -0.1) is 12.4 Å². The molecule has 0 saturated heterocycles. The van der Waals surface area contributed by atoms with Gasteiger partial charge in [-0.25, -0.2) is 8.42 Å². The Kier molecular flexibility index (Phi) is 5.83. The van der Waals surface area contributed by atoms with Crippen LogP contribution in [0.1, 0.15) is 20.8 Å². The van der Waals surface area contributed by atoms with Crippen molar-refractivity contribution in [3.05, 3.63) is 24.3 Å². The lowest BCUT2D eigenvalue weighted by molar-refractivity contribution is -0.113. The first-order chi connectivity index (χ1) is 8.13. The molecule has 108 valence electrons. The van der Waals surface area contributed by atoms with Crippen molar-refractivity contribution < 1.29 is 13.2 Å². The van der Waals surface area contributed by atoms with Gasteiger partial charge >= 0.3 is 0 Å². The smallest absolute Gasteiger partial charge is 0.239 e. The first kappa shape index (κ1) is 17.7. The number of nitrogens with two attached hydrogens (primary N) is 1. The van der Waals surface area contributed by atoms with Crippen LogP contribution in [0.5, 0.6) is 0 Å². The Morgan fingerprint density at radius 1 is 1.26 bits per heavy atom. The van der Waals surface area contributed by atoms with Crippen LogP contribution in [0.4, 0.5) is 11.4 Å². The standard InChI is InChI=1S/C12H18N2O3S.ClH/c1-12(2,3)18(16,17)8-11(15)14-10-7-5-4-6-9(10)13;/h4-7H,8,13H2,1-3H3,(H,14,15);1H. The molecule has 0 heterocycles. The van der Waals surface area contributed by atoms with Crippen molar-refractivity contribution in [3.63, 3.8) is 0 Å². The summed E-state index contributed by atoms with van der Waals surface area (Å²) in [7, 11) is -3.48. The molecule has 0 fully saturated rings. The Balaban J connectivity index is 0.00000324. The number of amides is 1. The van der Waals surface area contributed by atoms with Crippen molar-refractivity contribution in [2.75, 3.05) is 16.8 Å². The van der Waals surface area contributed by atoms with Gasteiger partial charge in [-0.1, -0.05) is 12.1 Å². The molecule has 0 saturated carbocycles. The highest BCUT2D eigenvalue weighted by Gasteiger charge is 2.31. The van der Waals surface area contributed by atoms with Crippen LogP contribution >= 0.6 is 12.4 Å². The van der Waals surface area contributed by atoms with Crippen LogP contribution in [0.3, 0.4) is 0 Å². The van der Waals surface area contributed by atoms with Crippen molar-refractivity contribution in [2.45, 2.75) is 25.5 Å². The van der Waals surface area contributed by atoms with Gasteiger partial charge in [-0.05, 0) is 32.9 Å². The molecule has 0 aliphatic heterocycles. The second-order valence-corrected chi connectivity index (χ2v) is 7.75. The molecule has 19 heavy (non-hydrogen) atoms. The Morgan fingerprint density at radius 2 is 1.79 bits per heavy atom. The molecule has 7 heteroatoms. The van der Waals surface area contributed by atoms with Gasteiger partial charge in [0.25, 0.3) is 0 Å². The minimum atomic E-state index is -3.48. The molecule has 0 unspecified atom stereocenters. The number of nitrogen functional groups attached to an aromatic ring is 1. The van der Waals surface area contributed by atoms with Gasteiger partial charge in [0, 0.05) is 0 Å². The summed E-state index contributed by atoms with van der Waals surface area (Å²) < 4.78 is 22.7. The zero-order chi connectivity index (χ0) is 14.0. The average molecular weight is 307 g/mol. The van der Waals surface area contributed by atoms with E-state index in [0.29, 0.717) is 11.4 Å². The molecule has 1 rings (SSSR count). The molecule has 0 bridgehead atoms. The van der Waals surface area contributed by atoms with Crippen LogP contribution in [-0.2, 0) is 14.6 Å². The minimum absolute atomic E-state index is 0. The number of anilines is 2. The van der Waals surface area contributed by atoms with Gasteiger partial charge in [0.05, 0.1) is 16.1 Å². The monoisotopic (exact) mass is 306 g/mol. The summed E-state index contributed by atoms with van der Waals surface area (Å²) in [6.45, 7) is 4.69. The highest BCUT2D eigenvalue weighted by Crippen LogP contribution is 2.19. The number of para-hydroxylation sites is 2. The zero-order valence-corrected chi connectivity index (χ0v) is 12.8. The predicted molar refractivity (Wildman–Crippen MR) is 80.3 cm³/mol. The Bertz CT molecular complexity index is 550. The molecule has 0 atom stereocenters. The average Bonchev–Trinajstić information content (AvgIpc) is 2.19. The Morgan fingerprint density at radius 3 is 2.26 bits per heavy atom. The maximum absolute atomic E-state index is 11.8. The molecule has 0 radical (unpaired) electrons. The molecule has 0 aliphatic rings. The van der Waals surface area contributed by atoms with E-state index in [2.05, 4.69) is 5.32 Å². The minimum Gasteiger partial charge on any atom is -0.397 e. The van der Waals surface area contributed by atoms with Crippen LogP contribution in [0.15, 0.2) is 24.3 Å². The molecule has 3 N–H and O–H groups in total. The number of hydrogen-bond donors (Lipinski definition) is 2. The summed E-state index contributed by atoms with van der Waals surface area (Å²) in [6, 6.07) is 6.70. The summed E-state index contributed by atoms with van der Waals surface area (Å²) in [5.74, 6) is -1.13. The number of benzene rings is 1. The number of nitrogens with one attached hydrogen (secondary N) is 1. The number of halogens is 1. The molecule has 1 aromatic carbocycles. The Hall–Kier alpha value is -1.27. The highest BCUT2D eigenvalue weighted by atomic mass is 35.5. The number of carbonyl (C=O) groups excluding carboxylic acids is 1. The van der Waals surface area contributed by atoms with E-state index in [0.717, 1.165) is 0 Å². The highest BCUT2D eigenvalue weighted by molar-refractivity contribution is 7.93. The summed E-state index contributed by atoms with van der Waals surface area (Å²) >= 11 is 0. The quantitative estimate of drug-likeness (QED) is 0.834. The van der Waals surface area contributed by atoms with E-state index in [1.54, 1.807) is 45.0 Å². The van der Waals surface area contributed by atoms with E-state index >= 15 is 0 Å². The third-order valence-corrected chi connectivity index (χ3v) is 5.00. The topological polar surface area (TPSA) is 89.3 Å². The summed E-state index contributed by atoms with van der Waals surface area (Å²) in [4.78, 5) is 11.7. The van der Waals surface area contributed by atoms with E-state index in [1.807, 2.05) is 0 Å². The van der Waals surface area contributed by atoms with Gasteiger partial charge in [0.2, 0.25) is 5.91 Å². The van der Waals surface area contributed by atoms with Crippen LogP contribution < -0.4 is 11.1 Å². The lowest BCUT2D eigenvalue weighted by Crippen LogP contribution is -2.35. The van der Waals surface area contributed by atoms with E-state index in [9.17, 15) is 13.2 Å². The van der Waals surface area contributed by atoms with E-state index in [-0.39, 0.29) is 12.4 Å². The Labute approximate surface area is 119 Å². The van der Waals surface area contributed by atoms with Gasteiger partial charge < -0.3 is 11.1 Å². The number of rotatable bonds is 3. The fourth-order valence-corrected chi connectivity index (χ4v) is 2.04. The molecule has 5 nitrogen and oxygen atoms in total. The normalized spacial score (nSPS) is 11.5. The summed E-state index contributed by atoms with van der Waals surface area (Å²) in [5.41, 5.74) is 6.48. The maximum Gasteiger partial charge on any atom is 0.239 e. The fourth-order valence-electron chi connectivity index (χ4n) is 1.19. The number of sulfone groups is 1. The van der Waals surface area contributed by atoms with Crippen molar-refractivity contribution in [3.8, 4) is 0 Å². The van der Waals surface area contributed by atoms with E-state index < -0.39 is 26.2 Å². The molecule has 0 aromatic heterocycles. The van der Waals surface area contributed by atoms with Crippen molar-refractivity contribution in [1.82, 2.24) is 0 Å². The third kappa shape index (κ3) is 4.72. The fraction of sp³-hybridized carbons (Fsp3) is 0.417. The second-order valence-electron chi connectivity index (χ2n) is 5.01. The largest absolute Gasteiger partial charge is 0.397 e. The number of hydrogen-bond acceptors (Lipinski definition) is 4. The third-order valence-electron chi connectivity index (χ3n) is 2.49. The first-order valence-electron chi connectivity index (χ1n) is 5.50. The van der Waals surface area contributed by atoms with E-state index in [1.165, 1.54) is 0 Å². The van der Waals surface area contributed by atoms with Crippen molar-refractivity contribution >= 4 is 39.5 Å². The summed E-state index contributed by atoms with van der Waals surface area (Å²) in [5, 5.41) is 2.50. The van der Waals surface area contributed by atoms with Gasteiger partial charge in [0.1, 0.15) is 5.75 Å². The van der Waals surface area contributed by atoms with Gasteiger partial charge in [-0.2, -0.15) is 0 Å². The van der Waals surface area contributed by atoms with Crippen LogP contribution in [0, 0.1) is 0 Å². The van der Waals surface area contributed by atoms with Crippen LogP contribution in [-0.4, -0.2) is 24.8 Å². The van der Waals surface area contributed by atoms with Crippen molar-refractivity contribution in [2.24, 2.45) is 0 Å². The van der Waals surface area contributed by atoms with Crippen LogP contribution in [0.25, 0.3) is 0 Å². The summed E-state index contributed by atoms with van der Waals surface area (Å²) in [6.07, 6.45) is 0. The first-order valence-corrected chi connectivity index (χ1v) is 7.15. The maximum atomic E-state index is 11.8. The lowest BCUT2D eigenvalue weighted by Gasteiger charge is -2.18. The zero-order valence-electron chi connectivity index (χ0n) is 11.1. The number of carbonyl (C=O) groups is 1. The predicted octanol–water partition coefficient (Wildman–Crippen LogP) is 1.84. The molecular formula is C12H19ClN2O3S. The molecule has 0 aliphatic carbocycles. The second kappa shape index (κ2) is 6.25. The van der Waals surface area contributed by atoms with Crippen molar-refractivity contribution in [1.29, 1.82) is 0 Å². The van der Waals surface area contributed by atoms with Gasteiger partial charge in [-0.3, -0.25) is 4.79 Å². The molecule has 0 spiro atoms.